The fraction of sp³-hybridized carbons (Fsp3) is 0.0417. The van der Waals surface area contributed by atoms with Crippen molar-refractivity contribution in [2.45, 2.75) is 6.92 Å². The van der Waals surface area contributed by atoms with Gasteiger partial charge in [0.15, 0.2) is 5.78 Å². The zero-order chi connectivity index (χ0) is 18.1. The second kappa shape index (κ2) is 6.57. The molecule has 4 rings (SSSR count). The van der Waals surface area contributed by atoms with Gasteiger partial charge in [-0.2, -0.15) is 0 Å². The molecule has 3 aromatic carbocycles. The smallest absolute Gasteiger partial charge is 0.195 e. The van der Waals surface area contributed by atoms with Gasteiger partial charge in [0.25, 0.3) is 0 Å². The van der Waals surface area contributed by atoms with Crippen LogP contribution in [0.2, 0.25) is 0 Å². The Balaban J connectivity index is 1.99. The van der Waals surface area contributed by atoms with E-state index in [0.717, 1.165) is 22.3 Å². The molecule has 0 atom stereocenters. The lowest BCUT2D eigenvalue weighted by Crippen LogP contribution is -2.03. The number of allylic oxidation sites excluding steroid dienone is 4. The van der Waals surface area contributed by atoms with Crippen LogP contribution >= 0.6 is 0 Å². The summed E-state index contributed by atoms with van der Waals surface area (Å²) >= 11 is 0. The van der Waals surface area contributed by atoms with Gasteiger partial charge in [0, 0.05) is 16.7 Å². The molecule has 0 aliphatic heterocycles. The van der Waals surface area contributed by atoms with E-state index in [1.807, 2.05) is 67.6 Å². The van der Waals surface area contributed by atoms with Crippen molar-refractivity contribution in [2.24, 2.45) is 0 Å². The highest BCUT2D eigenvalue weighted by molar-refractivity contribution is 6.52. The fourth-order valence-electron chi connectivity index (χ4n) is 3.56. The second-order valence-electron chi connectivity index (χ2n) is 6.29. The standard InChI is InChI=1S/C24H17FO/c1-16-21(17-10-4-2-5-11-17)23(18-12-6-3-7-13-18)24(26)22(16)19-14-8-9-15-20(19)25/h2-15H,1H3. The molecule has 0 N–H and O–H groups in total. The monoisotopic (exact) mass is 340 g/mol. The van der Waals surface area contributed by atoms with Crippen molar-refractivity contribution in [1.29, 1.82) is 0 Å². The van der Waals surface area contributed by atoms with Gasteiger partial charge >= 0.3 is 0 Å². The highest BCUT2D eigenvalue weighted by Crippen LogP contribution is 2.45. The van der Waals surface area contributed by atoms with Crippen LogP contribution in [0.15, 0.2) is 90.5 Å². The topological polar surface area (TPSA) is 17.1 Å². The van der Waals surface area contributed by atoms with Crippen molar-refractivity contribution in [1.82, 2.24) is 0 Å². The molecule has 3 aromatic rings. The van der Waals surface area contributed by atoms with Crippen molar-refractivity contribution >= 4 is 22.5 Å². The molecule has 0 aromatic heterocycles. The van der Waals surface area contributed by atoms with E-state index >= 15 is 0 Å². The number of Topliss-reactive ketones (excluding diaryl/α,β-unsaturated/α-hetero) is 1. The number of ketones is 1. The molecule has 2 heteroatoms. The van der Waals surface area contributed by atoms with Crippen LogP contribution in [0.4, 0.5) is 4.39 Å². The summed E-state index contributed by atoms with van der Waals surface area (Å²) in [7, 11) is 0. The molecule has 0 unspecified atom stereocenters. The molecular weight excluding hydrogens is 323 g/mol. The van der Waals surface area contributed by atoms with E-state index in [1.165, 1.54) is 6.07 Å². The Bertz CT molecular complexity index is 1040. The SMILES string of the molecule is CC1=C(c2ccccc2F)C(=O)C(c2ccccc2)=C1c1ccccc1. The van der Waals surface area contributed by atoms with Crippen LogP contribution in [0.1, 0.15) is 23.6 Å². The minimum atomic E-state index is -0.378. The zero-order valence-electron chi connectivity index (χ0n) is 14.4. The molecular formula is C24H17FO. The number of rotatable bonds is 3. The number of hydrogen-bond donors (Lipinski definition) is 0. The van der Waals surface area contributed by atoms with Crippen molar-refractivity contribution in [2.75, 3.05) is 0 Å². The van der Waals surface area contributed by atoms with E-state index in [-0.39, 0.29) is 11.6 Å². The van der Waals surface area contributed by atoms with E-state index in [1.54, 1.807) is 18.2 Å². The Morgan fingerprint density at radius 1 is 0.615 bits per heavy atom. The van der Waals surface area contributed by atoms with Gasteiger partial charge in [-0.15, -0.1) is 0 Å². The summed E-state index contributed by atoms with van der Waals surface area (Å²) in [4.78, 5) is 13.4. The van der Waals surface area contributed by atoms with Crippen LogP contribution in [0.3, 0.4) is 0 Å². The Morgan fingerprint density at radius 2 is 1.12 bits per heavy atom. The summed E-state index contributed by atoms with van der Waals surface area (Å²) in [5, 5.41) is 0. The number of hydrogen-bond acceptors (Lipinski definition) is 1. The molecule has 0 fully saturated rings. The van der Waals surface area contributed by atoms with E-state index in [0.29, 0.717) is 16.7 Å². The summed E-state index contributed by atoms with van der Waals surface area (Å²) in [5.74, 6) is -0.505. The normalized spacial score (nSPS) is 14.3. The lowest BCUT2D eigenvalue weighted by Gasteiger charge is -2.09. The molecule has 1 nitrogen and oxygen atoms in total. The number of benzene rings is 3. The zero-order valence-corrected chi connectivity index (χ0v) is 14.4. The van der Waals surface area contributed by atoms with Gasteiger partial charge in [-0.3, -0.25) is 4.79 Å². The fourth-order valence-corrected chi connectivity index (χ4v) is 3.56. The van der Waals surface area contributed by atoms with Crippen molar-refractivity contribution in [3.8, 4) is 0 Å². The Labute approximate surface area is 152 Å². The van der Waals surface area contributed by atoms with Crippen LogP contribution in [-0.4, -0.2) is 5.78 Å². The van der Waals surface area contributed by atoms with Crippen molar-refractivity contribution < 1.29 is 9.18 Å². The number of carbonyl (C=O) groups is 1. The number of carbonyl (C=O) groups excluding carboxylic acids is 1. The van der Waals surface area contributed by atoms with Crippen LogP contribution in [0.5, 0.6) is 0 Å². The van der Waals surface area contributed by atoms with E-state index in [2.05, 4.69) is 0 Å². The minimum absolute atomic E-state index is 0.127. The molecule has 0 amide bonds. The molecule has 0 heterocycles. The molecule has 1 aliphatic carbocycles. The summed E-state index contributed by atoms with van der Waals surface area (Å²) in [6.07, 6.45) is 0. The maximum Gasteiger partial charge on any atom is 0.195 e. The summed E-state index contributed by atoms with van der Waals surface area (Å²) in [5.41, 5.74) is 4.93. The Hall–Kier alpha value is -3.26. The molecule has 0 radical (unpaired) electrons. The Kier molecular flexibility index (Phi) is 4.10. The lowest BCUT2D eigenvalue weighted by molar-refractivity contribution is -0.108. The van der Waals surface area contributed by atoms with Crippen molar-refractivity contribution in [3.05, 3.63) is 113 Å². The second-order valence-corrected chi connectivity index (χ2v) is 6.29. The third-order valence-electron chi connectivity index (χ3n) is 4.72. The highest BCUT2D eigenvalue weighted by Gasteiger charge is 2.33. The largest absolute Gasteiger partial charge is 0.289 e. The molecule has 0 spiro atoms. The van der Waals surface area contributed by atoms with Crippen LogP contribution in [0.25, 0.3) is 16.7 Å². The van der Waals surface area contributed by atoms with E-state index < -0.39 is 0 Å². The highest BCUT2D eigenvalue weighted by atomic mass is 19.1. The molecule has 0 saturated carbocycles. The quantitative estimate of drug-likeness (QED) is 0.589. The van der Waals surface area contributed by atoms with Gasteiger partial charge in [-0.25, -0.2) is 4.39 Å². The first-order valence-electron chi connectivity index (χ1n) is 8.54. The van der Waals surface area contributed by atoms with Gasteiger partial charge in [0.05, 0.1) is 0 Å². The van der Waals surface area contributed by atoms with Gasteiger partial charge in [-0.05, 0) is 35.3 Å². The van der Waals surface area contributed by atoms with Crippen LogP contribution < -0.4 is 0 Å². The summed E-state index contributed by atoms with van der Waals surface area (Å²) < 4.78 is 14.4. The minimum Gasteiger partial charge on any atom is -0.289 e. The first kappa shape index (κ1) is 16.2. The van der Waals surface area contributed by atoms with E-state index in [9.17, 15) is 9.18 Å². The molecule has 126 valence electrons. The van der Waals surface area contributed by atoms with Gasteiger partial charge < -0.3 is 0 Å². The van der Waals surface area contributed by atoms with Gasteiger partial charge in [-0.1, -0.05) is 78.9 Å². The van der Waals surface area contributed by atoms with Gasteiger partial charge in [0.2, 0.25) is 0 Å². The third-order valence-corrected chi connectivity index (χ3v) is 4.72. The molecule has 0 bridgehead atoms. The predicted molar refractivity (Wildman–Crippen MR) is 104 cm³/mol. The molecule has 1 aliphatic rings. The molecule has 26 heavy (non-hydrogen) atoms. The van der Waals surface area contributed by atoms with Crippen LogP contribution in [0, 0.1) is 5.82 Å². The van der Waals surface area contributed by atoms with Crippen molar-refractivity contribution in [3.63, 3.8) is 0 Å². The Morgan fingerprint density at radius 3 is 1.69 bits per heavy atom. The average Bonchev–Trinajstić information content (AvgIpc) is 2.94. The van der Waals surface area contributed by atoms with Gasteiger partial charge in [0.1, 0.15) is 5.82 Å². The maximum atomic E-state index is 14.4. The predicted octanol–water partition coefficient (Wildman–Crippen LogP) is 5.79. The first-order valence-corrected chi connectivity index (χ1v) is 8.54. The number of halogens is 1. The third kappa shape index (κ3) is 2.60. The average molecular weight is 340 g/mol. The molecule has 0 saturated heterocycles. The summed E-state index contributed by atoms with van der Waals surface area (Å²) in [6.45, 7) is 1.90. The van der Waals surface area contributed by atoms with Crippen LogP contribution in [-0.2, 0) is 4.79 Å². The van der Waals surface area contributed by atoms with E-state index in [4.69, 9.17) is 0 Å². The maximum absolute atomic E-state index is 14.4. The summed E-state index contributed by atoms with van der Waals surface area (Å²) in [6, 6.07) is 25.9. The first-order chi connectivity index (χ1) is 12.7. The lowest BCUT2D eigenvalue weighted by atomic mass is 9.94.